The van der Waals surface area contributed by atoms with Crippen LogP contribution in [0.3, 0.4) is 0 Å². The molecule has 0 bridgehead atoms. The minimum Gasteiger partial charge on any atom is -0.298 e. The molecule has 56 valence electrons. The third-order valence-corrected chi connectivity index (χ3v) is 1.75. The maximum Gasteiger partial charge on any atom is 0.223 e. The molecule has 0 saturated carbocycles. The molecule has 0 aliphatic rings. The van der Waals surface area contributed by atoms with Gasteiger partial charge in [0.15, 0.2) is 6.29 Å². The first-order valence-corrected chi connectivity index (χ1v) is 3.92. The van der Waals surface area contributed by atoms with Crippen molar-refractivity contribution in [3.63, 3.8) is 0 Å². The average Bonchev–Trinajstić information content (AvgIpc) is 2.05. The van der Waals surface area contributed by atoms with Gasteiger partial charge in [0.1, 0.15) is 0 Å². The SMILES string of the molecule is O=Cc1cncc(C(=O)I)c1. The van der Waals surface area contributed by atoms with Crippen molar-refractivity contribution < 1.29 is 9.59 Å². The summed E-state index contributed by atoms with van der Waals surface area (Å²) in [5.41, 5.74) is 0.878. The zero-order valence-electron chi connectivity index (χ0n) is 5.45. The second kappa shape index (κ2) is 3.56. The van der Waals surface area contributed by atoms with Gasteiger partial charge in [0, 0.05) is 46.1 Å². The van der Waals surface area contributed by atoms with Crippen LogP contribution in [0.15, 0.2) is 18.5 Å². The van der Waals surface area contributed by atoms with Crippen molar-refractivity contribution in [1.82, 2.24) is 4.98 Å². The van der Waals surface area contributed by atoms with Crippen LogP contribution in [0.2, 0.25) is 0 Å². The summed E-state index contributed by atoms with van der Waals surface area (Å²) in [6.07, 6.45) is 3.51. The van der Waals surface area contributed by atoms with E-state index >= 15 is 0 Å². The van der Waals surface area contributed by atoms with E-state index in [9.17, 15) is 9.59 Å². The summed E-state index contributed by atoms with van der Waals surface area (Å²) in [5.74, 6) is 0. The number of hydrogen-bond donors (Lipinski definition) is 0. The molecular weight excluding hydrogens is 257 g/mol. The minimum absolute atomic E-state index is 0.112. The van der Waals surface area contributed by atoms with Gasteiger partial charge >= 0.3 is 0 Å². The fourth-order valence-electron chi connectivity index (χ4n) is 0.630. The van der Waals surface area contributed by atoms with E-state index in [1.165, 1.54) is 18.5 Å². The normalized spacial score (nSPS) is 9.18. The molecule has 11 heavy (non-hydrogen) atoms. The second-order valence-corrected chi connectivity index (χ2v) is 2.88. The fourth-order valence-corrected chi connectivity index (χ4v) is 0.925. The summed E-state index contributed by atoms with van der Waals surface area (Å²) < 4.78 is -0.112. The Morgan fingerprint density at radius 3 is 2.82 bits per heavy atom. The molecule has 3 nitrogen and oxygen atoms in total. The Kier molecular flexibility index (Phi) is 2.70. The van der Waals surface area contributed by atoms with Crippen LogP contribution in [0.5, 0.6) is 0 Å². The van der Waals surface area contributed by atoms with Gasteiger partial charge < -0.3 is 0 Å². The molecule has 1 aromatic heterocycles. The lowest BCUT2D eigenvalue weighted by atomic mass is 10.2. The minimum atomic E-state index is -0.112. The van der Waals surface area contributed by atoms with Gasteiger partial charge in [0.25, 0.3) is 0 Å². The van der Waals surface area contributed by atoms with E-state index in [-0.39, 0.29) is 3.79 Å². The highest BCUT2D eigenvalue weighted by Gasteiger charge is 2.00. The van der Waals surface area contributed by atoms with E-state index in [1.54, 1.807) is 22.6 Å². The van der Waals surface area contributed by atoms with Crippen LogP contribution in [-0.4, -0.2) is 15.1 Å². The smallest absolute Gasteiger partial charge is 0.223 e. The van der Waals surface area contributed by atoms with Crippen LogP contribution in [0, 0.1) is 0 Å². The fraction of sp³-hybridized carbons (Fsp3) is 0. The zero-order valence-corrected chi connectivity index (χ0v) is 7.61. The van der Waals surface area contributed by atoms with Gasteiger partial charge in [-0.15, -0.1) is 0 Å². The van der Waals surface area contributed by atoms with E-state index in [0.29, 0.717) is 17.4 Å². The molecule has 0 spiro atoms. The lowest BCUT2D eigenvalue weighted by Gasteiger charge is -1.92. The maximum atomic E-state index is 10.7. The van der Waals surface area contributed by atoms with Crippen molar-refractivity contribution in [2.75, 3.05) is 0 Å². The molecule has 0 fully saturated rings. The van der Waals surface area contributed by atoms with Gasteiger partial charge in [0.2, 0.25) is 3.79 Å². The lowest BCUT2D eigenvalue weighted by molar-refractivity contribution is 0.110. The van der Waals surface area contributed by atoms with Crippen molar-refractivity contribution in [3.05, 3.63) is 29.6 Å². The number of nitrogens with zero attached hydrogens (tertiary/aromatic N) is 1. The van der Waals surface area contributed by atoms with Crippen molar-refractivity contribution in [1.29, 1.82) is 0 Å². The molecule has 0 radical (unpaired) electrons. The first-order valence-electron chi connectivity index (χ1n) is 2.84. The number of hydrogen-bond acceptors (Lipinski definition) is 3. The predicted molar refractivity (Wildman–Crippen MR) is 48.0 cm³/mol. The average molecular weight is 261 g/mol. The number of pyridine rings is 1. The summed E-state index contributed by atoms with van der Waals surface area (Å²) >= 11 is 1.65. The predicted octanol–water partition coefficient (Wildman–Crippen LogP) is 1.47. The van der Waals surface area contributed by atoms with Crippen molar-refractivity contribution >= 4 is 32.7 Å². The number of halogens is 1. The monoisotopic (exact) mass is 261 g/mol. The highest BCUT2D eigenvalue weighted by atomic mass is 127. The van der Waals surface area contributed by atoms with E-state index in [0.717, 1.165) is 0 Å². The van der Waals surface area contributed by atoms with Gasteiger partial charge in [-0.05, 0) is 6.07 Å². The van der Waals surface area contributed by atoms with E-state index < -0.39 is 0 Å². The molecule has 1 heterocycles. The van der Waals surface area contributed by atoms with E-state index in [4.69, 9.17) is 0 Å². The van der Waals surface area contributed by atoms with Crippen LogP contribution in [0.1, 0.15) is 20.7 Å². The molecule has 1 rings (SSSR count). The number of carbonyl (C=O) groups excluding carboxylic acids is 2. The molecule has 4 heteroatoms. The summed E-state index contributed by atoms with van der Waals surface area (Å²) in [7, 11) is 0. The first-order chi connectivity index (χ1) is 5.24. The number of rotatable bonds is 2. The largest absolute Gasteiger partial charge is 0.298 e. The second-order valence-electron chi connectivity index (χ2n) is 1.90. The van der Waals surface area contributed by atoms with Crippen molar-refractivity contribution in [2.45, 2.75) is 0 Å². The van der Waals surface area contributed by atoms with Gasteiger partial charge in [-0.1, -0.05) is 0 Å². The third kappa shape index (κ3) is 2.07. The zero-order chi connectivity index (χ0) is 8.27. The third-order valence-electron chi connectivity index (χ3n) is 1.12. The standard InChI is InChI=1S/C7H4INO2/c8-7(11)6-1-5(4-10)2-9-3-6/h1-4H. The molecule has 0 unspecified atom stereocenters. The van der Waals surface area contributed by atoms with Crippen LogP contribution in [0.25, 0.3) is 0 Å². The van der Waals surface area contributed by atoms with Crippen molar-refractivity contribution in [2.24, 2.45) is 0 Å². The number of carbonyl (C=O) groups is 2. The Hall–Kier alpha value is -0.780. The van der Waals surface area contributed by atoms with Gasteiger partial charge in [-0.25, -0.2) is 0 Å². The summed E-state index contributed by atoms with van der Waals surface area (Å²) in [4.78, 5) is 24.7. The molecule has 0 amide bonds. The van der Waals surface area contributed by atoms with Crippen LogP contribution < -0.4 is 0 Å². The van der Waals surface area contributed by atoms with E-state index in [1.807, 2.05) is 0 Å². The Balaban J connectivity index is 3.10. The molecule has 0 N–H and O–H groups in total. The molecule has 0 aromatic carbocycles. The quantitative estimate of drug-likeness (QED) is 0.460. The Bertz CT molecular complexity index is 298. The summed E-state index contributed by atoms with van der Waals surface area (Å²) in [6.45, 7) is 0. The van der Waals surface area contributed by atoms with Gasteiger partial charge in [-0.3, -0.25) is 14.6 Å². The highest BCUT2D eigenvalue weighted by Crippen LogP contribution is 2.05. The molecular formula is C7H4INO2. The van der Waals surface area contributed by atoms with Crippen LogP contribution >= 0.6 is 22.6 Å². The molecule has 0 aliphatic carbocycles. The number of aromatic nitrogens is 1. The summed E-state index contributed by atoms with van der Waals surface area (Å²) in [5, 5.41) is 0. The van der Waals surface area contributed by atoms with Gasteiger partial charge in [-0.2, -0.15) is 0 Å². The first kappa shape index (κ1) is 8.32. The maximum absolute atomic E-state index is 10.7. The Morgan fingerprint density at radius 2 is 2.27 bits per heavy atom. The van der Waals surface area contributed by atoms with Crippen LogP contribution in [-0.2, 0) is 0 Å². The summed E-state index contributed by atoms with van der Waals surface area (Å²) in [6, 6.07) is 1.51. The molecule has 0 atom stereocenters. The van der Waals surface area contributed by atoms with Crippen LogP contribution in [0.4, 0.5) is 0 Å². The molecule has 1 aromatic rings. The molecule has 0 aliphatic heterocycles. The lowest BCUT2D eigenvalue weighted by Crippen LogP contribution is -1.91. The van der Waals surface area contributed by atoms with Gasteiger partial charge in [0.05, 0.1) is 0 Å². The molecule has 0 saturated heterocycles. The topological polar surface area (TPSA) is 47.0 Å². The number of aldehydes is 1. The van der Waals surface area contributed by atoms with E-state index in [2.05, 4.69) is 4.98 Å². The Labute approximate surface area is 77.0 Å². The van der Waals surface area contributed by atoms with Crippen molar-refractivity contribution in [3.8, 4) is 0 Å². The highest BCUT2D eigenvalue weighted by molar-refractivity contribution is 14.1. The Morgan fingerprint density at radius 1 is 1.55 bits per heavy atom.